The van der Waals surface area contributed by atoms with E-state index < -0.39 is 40.8 Å². The minimum absolute atomic E-state index is 0.388. The van der Waals surface area contributed by atoms with Crippen LogP contribution in [0.4, 0.5) is 5.69 Å². The standard InChI is InChI=1S/C22H16N2O5/c1-21-8-9-22(29-21,10-16(25)26)18-17(21)19(27)24(20(18)28)15-7-6-12(11-23)13-4-2-3-5-14(13)15/h2-9,17-18H,10H2,1H3,(H,25,26)/t17-,18+,21?,22?/m0/s1. The number of ether oxygens (including phenoxy) is 1. The molecule has 0 aliphatic carbocycles. The summed E-state index contributed by atoms with van der Waals surface area (Å²) in [4.78, 5) is 39.4. The lowest BCUT2D eigenvalue weighted by molar-refractivity contribution is -0.145. The second-order valence-electron chi connectivity index (χ2n) is 7.90. The summed E-state index contributed by atoms with van der Waals surface area (Å²) < 4.78 is 5.97. The van der Waals surface area contributed by atoms with Gasteiger partial charge in [0.25, 0.3) is 0 Å². The average Bonchev–Trinajstić information content (AvgIpc) is 3.25. The number of nitriles is 1. The second-order valence-corrected chi connectivity index (χ2v) is 7.90. The molecule has 7 heteroatoms. The van der Waals surface area contributed by atoms with Gasteiger partial charge in [0.1, 0.15) is 5.60 Å². The zero-order valence-electron chi connectivity index (χ0n) is 15.5. The first-order valence-electron chi connectivity index (χ1n) is 9.23. The maximum Gasteiger partial charge on any atom is 0.306 e. The summed E-state index contributed by atoms with van der Waals surface area (Å²) in [5.41, 5.74) is -1.50. The Morgan fingerprint density at radius 2 is 1.83 bits per heavy atom. The van der Waals surface area contributed by atoms with E-state index in [-0.39, 0.29) is 6.42 Å². The van der Waals surface area contributed by atoms with Gasteiger partial charge in [-0.3, -0.25) is 14.4 Å². The third-order valence-electron chi connectivity index (χ3n) is 6.25. The van der Waals surface area contributed by atoms with Gasteiger partial charge >= 0.3 is 5.97 Å². The van der Waals surface area contributed by atoms with E-state index in [1.54, 1.807) is 55.5 Å². The van der Waals surface area contributed by atoms with E-state index in [4.69, 9.17) is 4.74 Å². The number of hydrogen-bond donors (Lipinski definition) is 1. The molecule has 3 heterocycles. The van der Waals surface area contributed by atoms with E-state index in [0.717, 1.165) is 4.90 Å². The van der Waals surface area contributed by atoms with Gasteiger partial charge < -0.3 is 9.84 Å². The number of nitrogens with zero attached hydrogens (tertiary/aromatic N) is 2. The fraction of sp³-hybridized carbons (Fsp3) is 0.273. The maximum absolute atomic E-state index is 13.4. The first-order valence-corrected chi connectivity index (χ1v) is 9.23. The van der Waals surface area contributed by atoms with Crippen LogP contribution in [0, 0.1) is 23.2 Å². The van der Waals surface area contributed by atoms with Crippen molar-refractivity contribution in [2.75, 3.05) is 4.90 Å². The Hall–Kier alpha value is -3.50. The Balaban J connectivity index is 1.67. The van der Waals surface area contributed by atoms with Gasteiger partial charge in [-0.15, -0.1) is 0 Å². The molecule has 2 amide bonds. The molecule has 2 aromatic rings. The number of benzene rings is 2. The minimum atomic E-state index is -1.32. The third-order valence-corrected chi connectivity index (χ3v) is 6.25. The number of carbonyl (C=O) groups is 3. The fourth-order valence-electron chi connectivity index (χ4n) is 5.11. The molecule has 3 aliphatic heterocycles. The first-order chi connectivity index (χ1) is 13.8. The molecule has 2 fully saturated rings. The number of imide groups is 1. The van der Waals surface area contributed by atoms with Crippen molar-refractivity contribution < 1.29 is 24.2 Å². The van der Waals surface area contributed by atoms with E-state index in [1.807, 2.05) is 0 Å². The van der Waals surface area contributed by atoms with Crippen LogP contribution in [0.2, 0.25) is 0 Å². The molecule has 1 N–H and O–H groups in total. The van der Waals surface area contributed by atoms with Crippen molar-refractivity contribution in [3.63, 3.8) is 0 Å². The van der Waals surface area contributed by atoms with Gasteiger partial charge in [-0.05, 0) is 19.1 Å². The zero-order chi connectivity index (χ0) is 20.6. The van der Waals surface area contributed by atoms with Crippen LogP contribution in [-0.4, -0.2) is 34.1 Å². The van der Waals surface area contributed by atoms with Gasteiger partial charge in [-0.2, -0.15) is 5.26 Å². The quantitative estimate of drug-likeness (QED) is 0.639. The van der Waals surface area contributed by atoms with E-state index in [0.29, 0.717) is 22.0 Å². The molecule has 2 unspecified atom stereocenters. The van der Waals surface area contributed by atoms with Crippen molar-refractivity contribution in [3.05, 3.63) is 54.1 Å². The molecule has 0 spiro atoms. The monoisotopic (exact) mass is 388 g/mol. The van der Waals surface area contributed by atoms with E-state index in [9.17, 15) is 24.8 Å². The van der Waals surface area contributed by atoms with Crippen LogP contribution in [0.5, 0.6) is 0 Å². The predicted molar refractivity (Wildman–Crippen MR) is 102 cm³/mol. The molecule has 2 saturated heterocycles. The summed E-state index contributed by atoms with van der Waals surface area (Å²) in [7, 11) is 0. The van der Waals surface area contributed by atoms with Crippen LogP contribution < -0.4 is 4.90 Å². The third kappa shape index (κ3) is 2.12. The van der Waals surface area contributed by atoms with Gasteiger partial charge in [0.05, 0.1) is 41.2 Å². The van der Waals surface area contributed by atoms with Gasteiger partial charge in [0, 0.05) is 10.8 Å². The van der Waals surface area contributed by atoms with Crippen LogP contribution in [0.1, 0.15) is 18.9 Å². The predicted octanol–water partition coefficient (Wildman–Crippen LogP) is 2.39. The number of rotatable bonds is 3. The SMILES string of the molecule is CC12C=CC(CC(=O)O)(O1)[C@H]1C(=O)N(c3ccc(C#N)c4ccccc34)C(=O)[C@H]12. The lowest BCUT2D eigenvalue weighted by Crippen LogP contribution is -2.42. The summed E-state index contributed by atoms with van der Waals surface area (Å²) in [5.74, 6) is -3.65. The molecular formula is C22H16N2O5. The lowest BCUT2D eigenvalue weighted by Gasteiger charge is -2.28. The summed E-state index contributed by atoms with van der Waals surface area (Å²) in [5, 5.41) is 20.0. The molecule has 3 aliphatic rings. The van der Waals surface area contributed by atoms with Crippen molar-refractivity contribution in [1.29, 1.82) is 5.26 Å². The number of fused-ring (bicyclic) bond motifs is 6. The number of hydrogen-bond acceptors (Lipinski definition) is 5. The van der Waals surface area contributed by atoms with Gasteiger partial charge in [-0.25, -0.2) is 4.90 Å². The molecule has 0 aromatic heterocycles. The summed E-state index contributed by atoms with van der Waals surface area (Å²) in [6.07, 6.45) is 2.93. The minimum Gasteiger partial charge on any atom is -0.481 e. The molecular weight excluding hydrogens is 372 g/mol. The molecule has 0 saturated carbocycles. The Morgan fingerprint density at radius 1 is 1.14 bits per heavy atom. The van der Waals surface area contributed by atoms with Gasteiger partial charge in [0.15, 0.2) is 0 Å². The molecule has 4 atom stereocenters. The Labute approximate surface area is 165 Å². The van der Waals surface area contributed by atoms with Crippen LogP contribution in [-0.2, 0) is 19.1 Å². The largest absolute Gasteiger partial charge is 0.481 e. The highest BCUT2D eigenvalue weighted by atomic mass is 16.5. The van der Waals surface area contributed by atoms with Gasteiger partial charge in [0.2, 0.25) is 11.8 Å². The van der Waals surface area contributed by atoms with Crippen LogP contribution >= 0.6 is 0 Å². The Kier molecular flexibility index (Phi) is 3.35. The summed E-state index contributed by atoms with van der Waals surface area (Å²) >= 11 is 0. The maximum atomic E-state index is 13.4. The molecule has 5 rings (SSSR count). The Bertz CT molecular complexity index is 1200. The highest BCUT2D eigenvalue weighted by molar-refractivity contribution is 6.26. The summed E-state index contributed by atoms with van der Waals surface area (Å²) in [6, 6.07) is 12.4. The average molecular weight is 388 g/mol. The molecule has 29 heavy (non-hydrogen) atoms. The van der Waals surface area contributed by atoms with Crippen LogP contribution in [0.15, 0.2) is 48.6 Å². The van der Waals surface area contributed by atoms with Crippen molar-refractivity contribution in [2.45, 2.75) is 24.5 Å². The molecule has 0 radical (unpaired) electrons. The number of anilines is 1. The normalized spacial score (nSPS) is 32.1. The van der Waals surface area contributed by atoms with Crippen molar-refractivity contribution in [3.8, 4) is 6.07 Å². The van der Waals surface area contributed by atoms with Crippen molar-refractivity contribution >= 4 is 34.2 Å². The Morgan fingerprint density at radius 3 is 2.52 bits per heavy atom. The number of aliphatic carboxylic acids is 1. The highest BCUT2D eigenvalue weighted by Crippen LogP contribution is 2.59. The molecule has 144 valence electrons. The summed E-state index contributed by atoms with van der Waals surface area (Å²) in [6.45, 7) is 1.71. The number of carboxylic acids is 1. The topological polar surface area (TPSA) is 108 Å². The lowest BCUT2D eigenvalue weighted by atomic mass is 9.71. The first kappa shape index (κ1) is 17.6. The molecule has 2 aromatic carbocycles. The van der Waals surface area contributed by atoms with E-state index in [2.05, 4.69) is 6.07 Å². The van der Waals surface area contributed by atoms with Crippen LogP contribution in [0.25, 0.3) is 10.8 Å². The fourth-order valence-corrected chi connectivity index (χ4v) is 5.11. The smallest absolute Gasteiger partial charge is 0.306 e. The zero-order valence-corrected chi connectivity index (χ0v) is 15.5. The highest BCUT2D eigenvalue weighted by Gasteiger charge is 2.72. The number of amides is 2. The van der Waals surface area contributed by atoms with Gasteiger partial charge in [-0.1, -0.05) is 36.4 Å². The van der Waals surface area contributed by atoms with Crippen molar-refractivity contribution in [1.82, 2.24) is 0 Å². The van der Waals surface area contributed by atoms with Crippen molar-refractivity contribution in [2.24, 2.45) is 11.8 Å². The van der Waals surface area contributed by atoms with Crippen LogP contribution in [0.3, 0.4) is 0 Å². The second kappa shape index (κ2) is 5.52. The number of carboxylic acid groups (broad SMARTS) is 1. The molecule has 2 bridgehead atoms. The number of carbonyl (C=O) groups excluding carboxylic acids is 2. The van der Waals surface area contributed by atoms with E-state index >= 15 is 0 Å². The van der Waals surface area contributed by atoms with E-state index in [1.165, 1.54) is 0 Å². The molecule has 7 nitrogen and oxygen atoms in total.